The van der Waals surface area contributed by atoms with Gasteiger partial charge in [-0.1, -0.05) is 84.0 Å². The van der Waals surface area contributed by atoms with Gasteiger partial charge in [0.15, 0.2) is 6.79 Å². The molecule has 3 rings (SSSR count). The van der Waals surface area contributed by atoms with E-state index in [2.05, 4.69) is 41.5 Å². The maximum atomic E-state index is 11.3. The van der Waals surface area contributed by atoms with Gasteiger partial charge in [0.2, 0.25) is 0 Å². The Morgan fingerprint density at radius 3 is 1.89 bits per heavy atom. The van der Waals surface area contributed by atoms with Gasteiger partial charge in [-0.3, -0.25) is 0 Å². The predicted molar refractivity (Wildman–Crippen MR) is 152 cm³/mol. The van der Waals surface area contributed by atoms with Crippen molar-refractivity contribution in [1.82, 2.24) is 0 Å². The average molecular weight is 523 g/mol. The highest BCUT2D eigenvalue weighted by Crippen LogP contribution is 2.43. The maximum absolute atomic E-state index is 11.3. The van der Waals surface area contributed by atoms with Crippen LogP contribution in [0.25, 0.3) is 0 Å². The smallest absolute Gasteiger partial charge is 0.258 e. The zero-order valence-corrected chi connectivity index (χ0v) is 24.2. The predicted octanol–water partition coefficient (Wildman–Crippen LogP) is 7.88. The van der Waals surface area contributed by atoms with Crippen LogP contribution in [0.15, 0.2) is 72.8 Å². The van der Waals surface area contributed by atoms with Gasteiger partial charge in [-0.2, -0.15) is 0 Å². The van der Waals surface area contributed by atoms with Gasteiger partial charge < -0.3 is 23.7 Å². The Bertz CT molecular complexity index is 1070. The molecule has 0 heterocycles. The van der Waals surface area contributed by atoms with Gasteiger partial charge in [0, 0.05) is 18.7 Å². The van der Waals surface area contributed by atoms with Gasteiger partial charge >= 0.3 is 0 Å². The Hall–Kier alpha value is -2.80. The van der Waals surface area contributed by atoms with Gasteiger partial charge in [-0.05, 0) is 52.0 Å². The summed E-state index contributed by atoms with van der Waals surface area (Å²) in [6.45, 7) is 14.2. The Balaban J connectivity index is 1.86. The van der Waals surface area contributed by atoms with Crippen LogP contribution in [0.5, 0.6) is 17.2 Å². The van der Waals surface area contributed by atoms with Gasteiger partial charge in [-0.25, -0.2) is 0 Å². The first-order valence-corrected chi connectivity index (χ1v) is 15.2. The highest BCUT2D eigenvalue weighted by Gasteiger charge is 2.47. The zero-order chi connectivity index (χ0) is 27.0. The van der Waals surface area contributed by atoms with Crippen molar-refractivity contribution in [2.24, 2.45) is 0 Å². The highest BCUT2D eigenvalue weighted by molar-refractivity contribution is 6.78. The number of hydrogen-bond donors (Lipinski definition) is 1. The molecule has 0 aliphatic carbocycles. The van der Waals surface area contributed by atoms with E-state index in [-0.39, 0.29) is 6.79 Å². The van der Waals surface area contributed by atoms with E-state index in [0.29, 0.717) is 40.3 Å². The Morgan fingerprint density at radius 1 is 0.730 bits per heavy atom. The third kappa shape index (κ3) is 6.95. The van der Waals surface area contributed by atoms with E-state index in [0.717, 1.165) is 16.9 Å². The molecule has 0 fully saturated rings. The molecule has 3 aromatic carbocycles. The van der Waals surface area contributed by atoms with E-state index >= 15 is 0 Å². The standard InChI is InChI=1S/C31H42O5Si/c1-22(2)37(23(3)4,24(5)6)36-27-15-13-26(14-16-27)31(32)29-18-17-28(35-21-33-7)19-30(29)34-20-25-11-9-8-10-12-25/h8-19,22-24,31-32H,20-21H2,1-7H3. The lowest BCUT2D eigenvalue weighted by atomic mass is 10.0. The third-order valence-corrected chi connectivity index (χ3v) is 13.1. The van der Waals surface area contributed by atoms with Crippen molar-refractivity contribution in [3.8, 4) is 17.2 Å². The normalized spacial score (nSPS) is 12.7. The van der Waals surface area contributed by atoms with Crippen LogP contribution >= 0.6 is 0 Å². The summed E-state index contributed by atoms with van der Waals surface area (Å²) >= 11 is 0. The minimum absolute atomic E-state index is 0.134. The van der Waals surface area contributed by atoms with Crippen LogP contribution in [0, 0.1) is 0 Å². The van der Waals surface area contributed by atoms with Crippen molar-refractivity contribution >= 4 is 8.32 Å². The largest absolute Gasteiger partial charge is 0.543 e. The number of aliphatic hydroxyl groups is 1. The quantitative estimate of drug-likeness (QED) is 0.183. The number of ether oxygens (including phenoxy) is 3. The highest BCUT2D eigenvalue weighted by atomic mass is 28.4. The van der Waals surface area contributed by atoms with E-state index in [1.807, 2.05) is 66.7 Å². The molecule has 0 amide bonds. The number of benzene rings is 3. The summed E-state index contributed by atoms with van der Waals surface area (Å²) in [4.78, 5) is 0. The van der Waals surface area contributed by atoms with Crippen molar-refractivity contribution in [1.29, 1.82) is 0 Å². The second-order valence-electron chi connectivity index (χ2n) is 10.4. The van der Waals surface area contributed by atoms with E-state index in [1.54, 1.807) is 13.2 Å². The van der Waals surface area contributed by atoms with Crippen LogP contribution < -0.4 is 13.9 Å². The molecule has 0 saturated heterocycles. The average Bonchev–Trinajstić information content (AvgIpc) is 2.89. The molecule has 0 radical (unpaired) electrons. The second kappa shape index (κ2) is 13.1. The fraction of sp³-hybridized carbons (Fsp3) is 0.419. The van der Waals surface area contributed by atoms with E-state index in [9.17, 15) is 5.11 Å². The summed E-state index contributed by atoms with van der Waals surface area (Å²) in [7, 11) is -0.475. The van der Waals surface area contributed by atoms with Crippen molar-refractivity contribution in [3.63, 3.8) is 0 Å². The first-order chi connectivity index (χ1) is 17.7. The van der Waals surface area contributed by atoms with Crippen LogP contribution in [-0.2, 0) is 11.3 Å². The number of hydrogen-bond acceptors (Lipinski definition) is 5. The molecule has 0 spiro atoms. The molecule has 5 nitrogen and oxygen atoms in total. The molecule has 37 heavy (non-hydrogen) atoms. The first kappa shape index (κ1) is 28.8. The molecular weight excluding hydrogens is 480 g/mol. The molecule has 1 atom stereocenters. The topological polar surface area (TPSA) is 57.2 Å². The summed E-state index contributed by atoms with van der Waals surface area (Å²) in [5, 5.41) is 11.3. The molecule has 0 bridgehead atoms. The van der Waals surface area contributed by atoms with Crippen molar-refractivity contribution in [2.75, 3.05) is 13.9 Å². The second-order valence-corrected chi connectivity index (χ2v) is 15.8. The summed E-state index contributed by atoms with van der Waals surface area (Å²) in [5.74, 6) is 2.04. The van der Waals surface area contributed by atoms with Crippen molar-refractivity contribution in [3.05, 3.63) is 89.5 Å². The first-order valence-electron chi connectivity index (χ1n) is 13.1. The minimum Gasteiger partial charge on any atom is -0.543 e. The molecule has 0 aliphatic rings. The van der Waals surface area contributed by atoms with Gasteiger partial charge in [0.1, 0.15) is 30.0 Å². The Labute approximate surface area is 223 Å². The monoisotopic (exact) mass is 522 g/mol. The molecule has 1 N–H and O–H groups in total. The summed E-state index contributed by atoms with van der Waals surface area (Å²) < 4.78 is 23.6. The van der Waals surface area contributed by atoms with Gasteiger partial charge in [0.05, 0.1) is 0 Å². The van der Waals surface area contributed by atoms with Gasteiger partial charge in [-0.15, -0.1) is 0 Å². The SMILES string of the molecule is COCOc1ccc(C(O)c2ccc(O[Si](C(C)C)(C(C)C)C(C)C)cc2)c(OCc2ccccc2)c1. The summed E-state index contributed by atoms with van der Waals surface area (Å²) in [5.41, 5.74) is 3.95. The number of methoxy groups -OCH3 is 1. The molecule has 0 aromatic heterocycles. The lowest BCUT2D eigenvalue weighted by Crippen LogP contribution is -2.50. The van der Waals surface area contributed by atoms with E-state index < -0.39 is 14.4 Å². The zero-order valence-electron chi connectivity index (χ0n) is 23.2. The molecule has 6 heteroatoms. The van der Waals surface area contributed by atoms with Crippen molar-refractivity contribution < 1.29 is 23.7 Å². The maximum Gasteiger partial charge on any atom is 0.258 e. The van der Waals surface area contributed by atoms with Crippen LogP contribution in [0.4, 0.5) is 0 Å². The fourth-order valence-electron chi connectivity index (χ4n) is 5.27. The van der Waals surface area contributed by atoms with Crippen LogP contribution in [0.2, 0.25) is 16.6 Å². The summed E-state index contributed by atoms with van der Waals surface area (Å²) in [6, 6.07) is 23.2. The molecule has 0 saturated carbocycles. The molecule has 1 unspecified atom stereocenters. The minimum atomic E-state index is -2.05. The number of rotatable bonds is 13. The number of aliphatic hydroxyl groups excluding tert-OH is 1. The fourth-order valence-corrected chi connectivity index (χ4v) is 10.5. The van der Waals surface area contributed by atoms with Crippen LogP contribution in [0.3, 0.4) is 0 Å². The molecule has 200 valence electrons. The third-order valence-electron chi connectivity index (χ3n) is 7.06. The summed E-state index contributed by atoms with van der Waals surface area (Å²) in [6.07, 6.45) is -0.862. The van der Waals surface area contributed by atoms with Crippen LogP contribution in [-0.4, -0.2) is 27.3 Å². The van der Waals surface area contributed by atoms with Crippen molar-refractivity contribution in [2.45, 2.75) is 70.9 Å². The Morgan fingerprint density at radius 2 is 1.32 bits per heavy atom. The Kier molecular flexibility index (Phi) is 10.2. The molecule has 0 aliphatic heterocycles. The van der Waals surface area contributed by atoms with Crippen LogP contribution in [0.1, 0.15) is 64.3 Å². The molecule has 3 aromatic rings. The lowest BCUT2D eigenvalue weighted by molar-refractivity contribution is 0.0508. The van der Waals surface area contributed by atoms with E-state index in [1.165, 1.54) is 0 Å². The van der Waals surface area contributed by atoms with E-state index in [4.69, 9.17) is 18.6 Å². The van der Waals surface area contributed by atoms with Gasteiger partial charge in [0.25, 0.3) is 8.32 Å². The lowest BCUT2D eigenvalue weighted by Gasteiger charge is -2.42. The molecular formula is C31H42O5Si.